The Balaban J connectivity index is 1.78. The van der Waals surface area contributed by atoms with Gasteiger partial charge in [-0.15, -0.1) is 0 Å². The van der Waals surface area contributed by atoms with E-state index in [2.05, 4.69) is 17.1 Å². The summed E-state index contributed by atoms with van der Waals surface area (Å²) in [6.07, 6.45) is 3.57. The van der Waals surface area contributed by atoms with E-state index >= 15 is 0 Å². The lowest BCUT2D eigenvalue weighted by molar-refractivity contribution is 0.174. The molecule has 4 heteroatoms. The van der Waals surface area contributed by atoms with Crippen LogP contribution in [0.4, 0.5) is 4.39 Å². The van der Waals surface area contributed by atoms with Crippen LogP contribution in [0, 0.1) is 11.7 Å². The average molecular weight is 299 g/mol. The second-order valence-corrected chi connectivity index (χ2v) is 6.04. The second kappa shape index (κ2) is 7.96. The molecule has 0 radical (unpaired) electrons. The fourth-order valence-electron chi connectivity index (χ4n) is 2.74. The number of likely N-dealkylation sites (tertiary alicyclic amines) is 1. The van der Waals surface area contributed by atoms with Gasteiger partial charge in [0.25, 0.3) is 0 Å². The SMILES string of the molecule is CCCNCC1CCN(Cc2cccc(Cl)c2F)CC1. The Morgan fingerprint density at radius 3 is 2.80 bits per heavy atom. The molecule has 1 aromatic rings. The summed E-state index contributed by atoms with van der Waals surface area (Å²) in [5.41, 5.74) is 0.708. The Kier molecular flexibility index (Phi) is 6.27. The number of hydrogen-bond acceptors (Lipinski definition) is 2. The lowest BCUT2D eigenvalue weighted by atomic mass is 9.96. The summed E-state index contributed by atoms with van der Waals surface area (Å²) in [4.78, 5) is 2.32. The van der Waals surface area contributed by atoms with Gasteiger partial charge in [0.1, 0.15) is 5.82 Å². The van der Waals surface area contributed by atoms with Gasteiger partial charge in [0.2, 0.25) is 0 Å². The first-order valence-corrected chi connectivity index (χ1v) is 7.94. The zero-order chi connectivity index (χ0) is 14.4. The molecule has 0 aromatic heterocycles. The molecule has 0 saturated carbocycles. The Bertz CT molecular complexity index is 417. The summed E-state index contributed by atoms with van der Waals surface area (Å²) >= 11 is 5.82. The van der Waals surface area contributed by atoms with Crippen LogP contribution in [-0.2, 0) is 6.54 Å². The van der Waals surface area contributed by atoms with Crippen molar-refractivity contribution in [3.63, 3.8) is 0 Å². The van der Waals surface area contributed by atoms with Gasteiger partial charge in [-0.25, -0.2) is 4.39 Å². The van der Waals surface area contributed by atoms with Crippen LogP contribution >= 0.6 is 11.6 Å². The van der Waals surface area contributed by atoms with Gasteiger partial charge in [-0.05, 0) is 57.4 Å². The Hall–Kier alpha value is -0.640. The molecule has 1 fully saturated rings. The summed E-state index contributed by atoms with van der Waals surface area (Å²) in [6, 6.07) is 5.25. The van der Waals surface area contributed by atoms with Crippen molar-refractivity contribution in [1.29, 1.82) is 0 Å². The fraction of sp³-hybridized carbons (Fsp3) is 0.625. The number of nitrogens with zero attached hydrogens (tertiary/aromatic N) is 1. The van der Waals surface area contributed by atoms with Gasteiger partial charge < -0.3 is 5.32 Å². The van der Waals surface area contributed by atoms with E-state index in [9.17, 15) is 4.39 Å². The highest BCUT2D eigenvalue weighted by molar-refractivity contribution is 6.30. The normalized spacial score (nSPS) is 17.6. The van der Waals surface area contributed by atoms with Crippen molar-refractivity contribution in [2.45, 2.75) is 32.7 Å². The number of hydrogen-bond donors (Lipinski definition) is 1. The molecule has 0 atom stereocenters. The molecule has 0 amide bonds. The topological polar surface area (TPSA) is 15.3 Å². The molecule has 1 aromatic carbocycles. The quantitative estimate of drug-likeness (QED) is 0.806. The fourth-order valence-corrected chi connectivity index (χ4v) is 2.94. The summed E-state index contributed by atoms with van der Waals surface area (Å²) in [5.74, 6) is 0.503. The van der Waals surface area contributed by atoms with Crippen LogP contribution in [0.15, 0.2) is 18.2 Å². The van der Waals surface area contributed by atoms with E-state index < -0.39 is 0 Å². The Labute approximate surface area is 126 Å². The molecular formula is C16H24ClFN2. The summed E-state index contributed by atoms with van der Waals surface area (Å²) in [5, 5.41) is 3.71. The van der Waals surface area contributed by atoms with Crippen molar-refractivity contribution < 1.29 is 4.39 Å². The molecule has 0 bridgehead atoms. The van der Waals surface area contributed by atoms with E-state index in [-0.39, 0.29) is 10.8 Å². The molecule has 1 N–H and O–H groups in total. The minimum atomic E-state index is -0.263. The maximum atomic E-state index is 13.9. The van der Waals surface area contributed by atoms with Crippen LogP contribution < -0.4 is 5.32 Å². The first-order chi connectivity index (χ1) is 9.70. The third-order valence-electron chi connectivity index (χ3n) is 3.99. The monoisotopic (exact) mass is 298 g/mol. The van der Waals surface area contributed by atoms with E-state index in [1.54, 1.807) is 6.07 Å². The van der Waals surface area contributed by atoms with E-state index in [1.807, 2.05) is 12.1 Å². The maximum absolute atomic E-state index is 13.9. The predicted molar refractivity (Wildman–Crippen MR) is 82.6 cm³/mol. The molecule has 0 spiro atoms. The third kappa shape index (κ3) is 4.44. The van der Waals surface area contributed by atoms with Crippen LogP contribution in [0.1, 0.15) is 31.7 Å². The molecule has 20 heavy (non-hydrogen) atoms. The maximum Gasteiger partial charge on any atom is 0.146 e. The van der Waals surface area contributed by atoms with E-state index in [0.717, 1.165) is 32.1 Å². The number of nitrogens with one attached hydrogen (secondary N) is 1. The molecule has 112 valence electrons. The standard InChI is InChI=1S/C16H24ClFN2/c1-2-8-19-11-13-6-9-20(10-7-13)12-14-4-3-5-15(17)16(14)18/h3-5,13,19H,2,6-12H2,1H3. The number of piperidine rings is 1. The smallest absolute Gasteiger partial charge is 0.146 e. The zero-order valence-corrected chi connectivity index (χ0v) is 12.9. The van der Waals surface area contributed by atoms with Gasteiger partial charge in [0.15, 0.2) is 0 Å². The molecule has 1 aliphatic heterocycles. The van der Waals surface area contributed by atoms with Crippen molar-refractivity contribution in [2.75, 3.05) is 26.2 Å². The van der Waals surface area contributed by atoms with Crippen LogP contribution in [0.5, 0.6) is 0 Å². The molecule has 0 aliphatic carbocycles. The van der Waals surface area contributed by atoms with Gasteiger partial charge in [0, 0.05) is 12.1 Å². The summed E-state index contributed by atoms with van der Waals surface area (Å²) in [6.45, 7) is 7.17. The Morgan fingerprint density at radius 1 is 1.35 bits per heavy atom. The first kappa shape index (κ1) is 15.7. The van der Waals surface area contributed by atoms with Crippen molar-refractivity contribution >= 4 is 11.6 Å². The number of rotatable bonds is 6. The minimum absolute atomic E-state index is 0.223. The number of benzene rings is 1. The molecule has 0 unspecified atom stereocenters. The highest BCUT2D eigenvalue weighted by atomic mass is 35.5. The van der Waals surface area contributed by atoms with Gasteiger partial charge in [-0.2, -0.15) is 0 Å². The Morgan fingerprint density at radius 2 is 2.10 bits per heavy atom. The third-order valence-corrected chi connectivity index (χ3v) is 4.28. The lowest BCUT2D eigenvalue weighted by Crippen LogP contribution is -2.37. The van der Waals surface area contributed by atoms with E-state index in [1.165, 1.54) is 19.3 Å². The van der Waals surface area contributed by atoms with Crippen molar-refractivity contribution in [1.82, 2.24) is 10.2 Å². The van der Waals surface area contributed by atoms with Gasteiger partial charge in [-0.1, -0.05) is 30.7 Å². The summed E-state index contributed by atoms with van der Waals surface area (Å²) in [7, 11) is 0. The molecular weight excluding hydrogens is 275 g/mol. The summed E-state index contributed by atoms with van der Waals surface area (Å²) < 4.78 is 13.9. The van der Waals surface area contributed by atoms with Crippen molar-refractivity contribution in [2.24, 2.45) is 5.92 Å². The van der Waals surface area contributed by atoms with Crippen LogP contribution in [0.2, 0.25) is 5.02 Å². The highest BCUT2D eigenvalue weighted by Gasteiger charge is 2.20. The largest absolute Gasteiger partial charge is 0.316 e. The second-order valence-electron chi connectivity index (χ2n) is 5.64. The van der Waals surface area contributed by atoms with Crippen LogP contribution in [0.25, 0.3) is 0 Å². The number of halogens is 2. The first-order valence-electron chi connectivity index (χ1n) is 7.56. The van der Waals surface area contributed by atoms with Gasteiger partial charge in [-0.3, -0.25) is 4.90 Å². The average Bonchev–Trinajstić information content (AvgIpc) is 2.46. The van der Waals surface area contributed by atoms with Gasteiger partial charge >= 0.3 is 0 Å². The minimum Gasteiger partial charge on any atom is -0.316 e. The highest BCUT2D eigenvalue weighted by Crippen LogP contribution is 2.22. The molecule has 1 aliphatic rings. The van der Waals surface area contributed by atoms with E-state index in [0.29, 0.717) is 12.1 Å². The molecule has 2 nitrogen and oxygen atoms in total. The zero-order valence-electron chi connectivity index (χ0n) is 12.2. The lowest BCUT2D eigenvalue weighted by Gasteiger charge is -2.32. The predicted octanol–water partition coefficient (Wildman–Crippen LogP) is 3.69. The van der Waals surface area contributed by atoms with Crippen LogP contribution in [0.3, 0.4) is 0 Å². The van der Waals surface area contributed by atoms with E-state index in [4.69, 9.17) is 11.6 Å². The van der Waals surface area contributed by atoms with Crippen LogP contribution in [-0.4, -0.2) is 31.1 Å². The van der Waals surface area contributed by atoms with Crippen molar-refractivity contribution in [3.05, 3.63) is 34.6 Å². The van der Waals surface area contributed by atoms with Crippen molar-refractivity contribution in [3.8, 4) is 0 Å². The molecule has 1 heterocycles. The molecule has 2 rings (SSSR count). The molecule has 1 saturated heterocycles. The van der Waals surface area contributed by atoms with Gasteiger partial charge in [0.05, 0.1) is 5.02 Å².